The molecule has 0 amide bonds. The summed E-state index contributed by atoms with van der Waals surface area (Å²) >= 11 is 0. The Labute approximate surface area is 352 Å². The number of rotatable bonds is 42. The SMILES string of the molecule is CCCCC/C=C\C/C=C\C/C=C\C/C=C\CCCCCC(=O)O[C@H](COC(=O)CCCCCCCCCCCCCCCCC)COP(=O)(O)OC[C@H](N)C(=O)O. The fourth-order valence-corrected chi connectivity index (χ4v) is 6.77. The van der Waals surface area contributed by atoms with Crippen LogP contribution in [0, 0.1) is 0 Å². The molecule has 0 bridgehead atoms. The Morgan fingerprint density at radius 2 is 0.914 bits per heavy atom. The van der Waals surface area contributed by atoms with Crippen molar-refractivity contribution in [3.8, 4) is 0 Å². The molecule has 0 aromatic heterocycles. The molecule has 0 aliphatic rings. The lowest BCUT2D eigenvalue weighted by Gasteiger charge is -2.20. The molecule has 0 rings (SSSR count). The number of allylic oxidation sites excluding steroid dienone is 8. The summed E-state index contributed by atoms with van der Waals surface area (Å²) in [5.74, 6) is -2.41. The van der Waals surface area contributed by atoms with Gasteiger partial charge in [-0.1, -0.05) is 172 Å². The van der Waals surface area contributed by atoms with Crippen LogP contribution in [-0.2, 0) is 37.5 Å². The van der Waals surface area contributed by atoms with Crippen LogP contribution >= 0.6 is 7.82 Å². The highest BCUT2D eigenvalue weighted by Gasteiger charge is 2.28. The van der Waals surface area contributed by atoms with E-state index in [0.717, 1.165) is 57.8 Å². The van der Waals surface area contributed by atoms with Gasteiger partial charge in [0.2, 0.25) is 0 Å². The van der Waals surface area contributed by atoms with E-state index in [2.05, 4.69) is 67.0 Å². The first-order chi connectivity index (χ1) is 28.1. The highest BCUT2D eigenvalue weighted by Crippen LogP contribution is 2.43. The summed E-state index contributed by atoms with van der Waals surface area (Å²) in [6.07, 6.45) is 46.0. The zero-order valence-electron chi connectivity index (χ0n) is 36.4. The predicted molar refractivity (Wildman–Crippen MR) is 235 cm³/mol. The van der Waals surface area contributed by atoms with Gasteiger partial charge >= 0.3 is 25.7 Å². The lowest BCUT2D eigenvalue weighted by Crippen LogP contribution is -2.34. The van der Waals surface area contributed by atoms with Crippen LogP contribution in [0.5, 0.6) is 0 Å². The Morgan fingerprint density at radius 3 is 1.40 bits per heavy atom. The van der Waals surface area contributed by atoms with Gasteiger partial charge in [-0.3, -0.25) is 23.4 Å². The van der Waals surface area contributed by atoms with Crippen molar-refractivity contribution in [2.45, 2.75) is 206 Å². The van der Waals surface area contributed by atoms with Crippen molar-refractivity contribution < 1.29 is 47.5 Å². The molecule has 0 saturated heterocycles. The van der Waals surface area contributed by atoms with Crippen LogP contribution in [-0.4, -0.2) is 59.9 Å². The normalized spacial score (nSPS) is 14.1. The maximum Gasteiger partial charge on any atom is 0.472 e. The Balaban J connectivity index is 4.40. The summed E-state index contributed by atoms with van der Waals surface area (Å²) in [7, 11) is -4.73. The van der Waals surface area contributed by atoms with Crippen LogP contribution < -0.4 is 5.73 Å². The van der Waals surface area contributed by atoms with Gasteiger partial charge in [0, 0.05) is 12.8 Å². The van der Waals surface area contributed by atoms with E-state index in [-0.39, 0.29) is 19.4 Å². The smallest absolute Gasteiger partial charge is 0.472 e. The number of carboxylic acids is 1. The predicted octanol–water partition coefficient (Wildman–Crippen LogP) is 12.2. The first kappa shape index (κ1) is 55.4. The third kappa shape index (κ3) is 40.2. The number of hydrogen-bond acceptors (Lipinski definition) is 9. The van der Waals surface area contributed by atoms with Crippen molar-refractivity contribution in [2.24, 2.45) is 5.73 Å². The number of esters is 2. The number of phosphoric ester groups is 1. The lowest BCUT2D eigenvalue weighted by atomic mass is 10.0. The molecule has 11 nitrogen and oxygen atoms in total. The van der Waals surface area contributed by atoms with Gasteiger partial charge in [-0.05, 0) is 57.8 Å². The quantitative estimate of drug-likeness (QED) is 0.0231. The number of aliphatic carboxylic acids is 1. The molecule has 58 heavy (non-hydrogen) atoms. The minimum Gasteiger partial charge on any atom is -0.480 e. The summed E-state index contributed by atoms with van der Waals surface area (Å²) < 4.78 is 32.7. The zero-order chi connectivity index (χ0) is 42.8. The number of phosphoric acid groups is 1. The topological polar surface area (TPSA) is 172 Å². The largest absolute Gasteiger partial charge is 0.480 e. The number of unbranched alkanes of at least 4 members (excludes halogenated alkanes) is 20. The van der Waals surface area contributed by atoms with Gasteiger partial charge in [0.1, 0.15) is 12.6 Å². The van der Waals surface area contributed by atoms with Gasteiger partial charge < -0.3 is 25.2 Å². The van der Waals surface area contributed by atoms with Crippen LogP contribution in [0.1, 0.15) is 194 Å². The average molecular weight is 840 g/mol. The van der Waals surface area contributed by atoms with Gasteiger partial charge in [-0.15, -0.1) is 0 Å². The molecule has 0 aliphatic heterocycles. The van der Waals surface area contributed by atoms with E-state index in [9.17, 15) is 23.8 Å². The molecule has 0 fully saturated rings. The first-order valence-electron chi connectivity index (χ1n) is 22.7. The maximum atomic E-state index is 12.6. The summed E-state index contributed by atoms with van der Waals surface area (Å²) in [4.78, 5) is 46.0. The second-order valence-electron chi connectivity index (χ2n) is 15.2. The fourth-order valence-electron chi connectivity index (χ4n) is 5.99. The maximum absolute atomic E-state index is 12.6. The van der Waals surface area contributed by atoms with Crippen LogP contribution in [0.15, 0.2) is 48.6 Å². The van der Waals surface area contributed by atoms with Gasteiger partial charge in [-0.25, -0.2) is 4.57 Å². The molecule has 12 heteroatoms. The molecule has 4 N–H and O–H groups in total. The molecule has 0 spiro atoms. The third-order valence-electron chi connectivity index (χ3n) is 9.58. The van der Waals surface area contributed by atoms with Gasteiger partial charge in [-0.2, -0.15) is 0 Å². The Kier molecular flexibility index (Phi) is 39.4. The van der Waals surface area contributed by atoms with E-state index in [0.29, 0.717) is 12.8 Å². The lowest BCUT2D eigenvalue weighted by molar-refractivity contribution is -0.161. The molecule has 0 saturated carbocycles. The molecule has 0 aromatic rings. The van der Waals surface area contributed by atoms with Crippen LogP contribution in [0.4, 0.5) is 0 Å². The Morgan fingerprint density at radius 1 is 0.534 bits per heavy atom. The van der Waals surface area contributed by atoms with Crippen LogP contribution in [0.3, 0.4) is 0 Å². The molecular weight excluding hydrogens is 757 g/mol. The first-order valence-corrected chi connectivity index (χ1v) is 24.2. The summed E-state index contributed by atoms with van der Waals surface area (Å²) in [6.45, 7) is 2.75. The van der Waals surface area contributed by atoms with Crippen molar-refractivity contribution in [2.75, 3.05) is 19.8 Å². The Hall–Kier alpha value is -2.56. The summed E-state index contributed by atoms with van der Waals surface area (Å²) in [5.41, 5.74) is 5.33. The van der Waals surface area contributed by atoms with Crippen molar-refractivity contribution in [3.63, 3.8) is 0 Å². The summed E-state index contributed by atoms with van der Waals surface area (Å²) in [6, 6.07) is -1.53. The fraction of sp³-hybridized carbons (Fsp3) is 0.761. The average Bonchev–Trinajstić information content (AvgIpc) is 3.20. The number of carbonyl (C=O) groups excluding carboxylic acids is 2. The van der Waals surface area contributed by atoms with Crippen molar-refractivity contribution >= 4 is 25.7 Å². The highest BCUT2D eigenvalue weighted by atomic mass is 31.2. The molecule has 336 valence electrons. The van der Waals surface area contributed by atoms with Crippen LogP contribution in [0.25, 0.3) is 0 Å². The van der Waals surface area contributed by atoms with Crippen molar-refractivity contribution in [1.29, 1.82) is 0 Å². The molecule has 0 aliphatic carbocycles. The standard InChI is InChI=1S/C46H82NO10P/c1-3-5-7-9-11-13-15-17-19-20-21-22-24-26-28-30-32-34-36-38-45(49)57-42(40-55-58(52,53)56-41-43(47)46(50)51)39-54-44(48)37-35-33-31-29-27-25-23-18-16-14-12-10-8-6-4-2/h11,13,17,19,21-22,26,28,42-43H,3-10,12,14-16,18,20,23-25,27,29-41,47H2,1-2H3,(H,50,51)(H,52,53)/b13-11-,19-17-,22-21-,28-26-/t42-,43+/m1/s1. The molecule has 3 atom stereocenters. The van der Waals surface area contributed by atoms with Crippen molar-refractivity contribution in [1.82, 2.24) is 0 Å². The molecule has 0 radical (unpaired) electrons. The highest BCUT2D eigenvalue weighted by molar-refractivity contribution is 7.47. The molecule has 0 aromatic carbocycles. The van der Waals surface area contributed by atoms with Gasteiger partial charge in [0.25, 0.3) is 0 Å². The van der Waals surface area contributed by atoms with E-state index in [1.165, 1.54) is 96.3 Å². The minimum absolute atomic E-state index is 0.124. The second kappa shape index (κ2) is 41.2. The van der Waals surface area contributed by atoms with Gasteiger partial charge in [0.15, 0.2) is 6.10 Å². The van der Waals surface area contributed by atoms with E-state index in [1.807, 2.05) is 0 Å². The summed E-state index contributed by atoms with van der Waals surface area (Å²) in [5, 5.41) is 8.89. The molecule has 0 heterocycles. The molecule has 1 unspecified atom stereocenters. The van der Waals surface area contributed by atoms with E-state index >= 15 is 0 Å². The monoisotopic (exact) mass is 840 g/mol. The van der Waals surface area contributed by atoms with E-state index < -0.39 is 51.1 Å². The minimum atomic E-state index is -4.73. The number of ether oxygens (including phenoxy) is 2. The molecular formula is C46H82NO10P. The van der Waals surface area contributed by atoms with Gasteiger partial charge in [0.05, 0.1) is 13.2 Å². The third-order valence-corrected chi connectivity index (χ3v) is 10.5. The zero-order valence-corrected chi connectivity index (χ0v) is 37.3. The van der Waals surface area contributed by atoms with E-state index in [1.54, 1.807) is 0 Å². The number of carboxylic acid groups (broad SMARTS) is 1. The number of carbonyl (C=O) groups is 3. The second-order valence-corrected chi connectivity index (χ2v) is 16.6. The van der Waals surface area contributed by atoms with Crippen molar-refractivity contribution in [3.05, 3.63) is 48.6 Å². The van der Waals surface area contributed by atoms with E-state index in [4.69, 9.17) is 24.8 Å². The number of hydrogen-bond donors (Lipinski definition) is 3. The Bertz CT molecular complexity index is 1170. The number of nitrogens with two attached hydrogens (primary N) is 1. The van der Waals surface area contributed by atoms with Crippen LogP contribution in [0.2, 0.25) is 0 Å².